The van der Waals surface area contributed by atoms with Crippen LogP contribution in [0.1, 0.15) is 33.6 Å². The summed E-state index contributed by atoms with van der Waals surface area (Å²) in [6.45, 7) is 0. The van der Waals surface area contributed by atoms with Gasteiger partial charge in [-0.2, -0.15) is 0 Å². The van der Waals surface area contributed by atoms with E-state index in [4.69, 9.17) is 10.2 Å². The molecule has 146 valence electrons. The molecule has 1 aromatic rings. The van der Waals surface area contributed by atoms with Crippen molar-refractivity contribution >= 4 is 35.8 Å². The number of carbonyl (C=O) groups is 6. The average molecular weight is 390 g/mol. The molecule has 0 atom stereocenters. The number of benzene rings is 1. The third-order valence-corrected chi connectivity index (χ3v) is 2.87. The highest BCUT2D eigenvalue weighted by Crippen LogP contribution is 2.13. The van der Waals surface area contributed by atoms with Crippen molar-refractivity contribution in [3.8, 4) is 0 Å². The van der Waals surface area contributed by atoms with Gasteiger partial charge in [0.1, 0.15) is 0 Å². The summed E-state index contributed by atoms with van der Waals surface area (Å²) in [6, 6.07) is 5.07. The maximum atomic E-state index is 12.1. The van der Waals surface area contributed by atoms with Gasteiger partial charge in [-0.25, -0.2) is 19.2 Å². The van der Waals surface area contributed by atoms with Crippen molar-refractivity contribution < 1.29 is 48.5 Å². The summed E-state index contributed by atoms with van der Waals surface area (Å²) >= 11 is 0. The molecular formula is C18H14O10. The normalized spacial score (nSPS) is 10.6. The van der Waals surface area contributed by atoms with Crippen molar-refractivity contribution in [3.63, 3.8) is 0 Å². The first-order valence-corrected chi connectivity index (χ1v) is 7.58. The Balaban J connectivity index is 2.80. The second kappa shape index (κ2) is 10.8. The van der Waals surface area contributed by atoms with Gasteiger partial charge in [0.25, 0.3) is 0 Å². The van der Waals surface area contributed by atoms with Gasteiger partial charge in [0, 0.05) is 12.2 Å². The number of rotatable bonds is 8. The zero-order valence-corrected chi connectivity index (χ0v) is 14.2. The standard InChI is InChI=1S/C18H14O10/c19-13(20)7-3-9-15(23)27-17(25)11-5-1-2-6-12(11)18(26)28-16(24)10-4-8-14(21)22/h1-8H,9-10H2,(H,19,20)(H,21,22)/b7-3+,8-4+. The highest BCUT2D eigenvalue weighted by Gasteiger charge is 2.22. The Morgan fingerprint density at radius 2 is 1.07 bits per heavy atom. The summed E-state index contributed by atoms with van der Waals surface area (Å²) < 4.78 is 9.03. The van der Waals surface area contributed by atoms with E-state index in [2.05, 4.69) is 9.47 Å². The summed E-state index contributed by atoms with van der Waals surface area (Å²) in [5, 5.41) is 16.8. The van der Waals surface area contributed by atoms with Gasteiger partial charge < -0.3 is 19.7 Å². The number of hydrogen-bond donors (Lipinski definition) is 2. The van der Waals surface area contributed by atoms with Crippen LogP contribution < -0.4 is 0 Å². The van der Waals surface area contributed by atoms with Crippen LogP contribution in [0.4, 0.5) is 0 Å². The van der Waals surface area contributed by atoms with Crippen molar-refractivity contribution in [2.45, 2.75) is 12.8 Å². The molecule has 2 N–H and O–H groups in total. The Morgan fingerprint density at radius 1 is 0.714 bits per heavy atom. The van der Waals surface area contributed by atoms with Gasteiger partial charge in [-0.3, -0.25) is 9.59 Å². The van der Waals surface area contributed by atoms with Crippen LogP contribution >= 0.6 is 0 Å². The lowest BCUT2D eigenvalue weighted by Crippen LogP contribution is -2.18. The smallest absolute Gasteiger partial charge is 0.346 e. The second-order valence-electron chi connectivity index (χ2n) is 4.96. The summed E-state index contributed by atoms with van der Waals surface area (Å²) in [4.78, 5) is 67.8. The highest BCUT2D eigenvalue weighted by molar-refractivity contribution is 6.08. The molecule has 10 heteroatoms. The lowest BCUT2D eigenvalue weighted by Gasteiger charge is -2.07. The Labute approximate surface area is 157 Å². The van der Waals surface area contributed by atoms with E-state index in [1.54, 1.807) is 0 Å². The molecule has 0 bridgehead atoms. The van der Waals surface area contributed by atoms with Crippen LogP contribution in [0, 0.1) is 0 Å². The first-order chi connectivity index (χ1) is 13.2. The van der Waals surface area contributed by atoms with E-state index in [1.165, 1.54) is 12.1 Å². The maximum absolute atomic E-state index is 12.1. The third-order valence-electron chi connectivity index (χ3n) is 2.87. The van der Waals surface area contributed by atoms with Crippen LogP contribution in [-0.4, -0.2) is 46.0 Å². The van der Waals surface area contributed by atoms with Gasteiger partial charge in [0.05, 0.1) is 24.0 Å². The van der Waals surface area contributed by atoms with E-state index in [0.717, 1.165) is 24.3 Å². The van der Waals surface area contributed by atoms with E-state index in [9.17, 15) is 28.8 Å². The second-order valence-corrected chi connectivity index (χ2v) is 4.96. The van der Waals surface area contributed by atoms with Crippen LogP contribution in [0.15, 0.2) is 48.6 Å². The lowest BCUT2D eigenvalue weighted by atomic mass is 10.1. The van der Waals surface area contributed by atoms with Crippen LogP contribution in [0.5, 0.6) is 0 Å². The summed E-state index contributed by atoms with van der Waals surface area (Å²) in [5.74, 6) is -7.06. The minimum absolute atomic E-state index is 0.350. The SMILES string of the molecule is O=C(O)/C=C/CC(=O)OC(=O)c1ccccc1C(=O)OC(=O)C/C=C/C(=O)O. The number of ether oxygens (including phenoxy) is 2. The molecule has 0 unspecified atom stereocenters. The number of carbonyl (C=O) groups excluding carboxylic acids is 4. The van der Waals surface area contributed by atoms with Gasteiger partial charge in [-0.1, -0.05) is 24.3 Å². The first-order valence-electron chi connectivity index (χ1n) is 7.58. The zero-order valence-electron chi connectivity index (χ0n) is 14.2. The molecule has 0 aliphatic rings. The molecule has 0 saturated heterocycles. The number of hydrogen-bond acceptors (Lipinski definition) is 8. The number of aliphatic carboxylic acids is 2. The summed E-state index contributed by atoms with van der Waals surface area (Å²) in [5.41, 5.74) is -0.700. The number of carboxylic acid groups (broad SMARTS) is 2. The fraction of sp³-hybridized carbons (Fsp3) is 0.111. The molecule has 0 aromatic heterocycles. The quantitative estimate of drug-likeness (QED) is 0.374. The zero-order chi connectivity index (χ0) is 21.1. The molecule has 0 fully saturated rings. The molecule has 0 spiro atoms. The Morgan fingerprint density at radius 3 is 1.39 bits per heavy atom. The molecule has 0 aliphatic heterocycles. The molecule has 0 saturated carbocycles. The van der Waals surface area contributed by atoms with Gasteiger partial charge in [0.2, 0.25) is 0 Å². The number of carboxylic acids is 2. The molecule has 1 rings (SSSR count). The Bertz CT molecular complexity index is 792. The minimum Gasteiger partial charge on any atom is -0.478 e. The van der Waals surface area contributed by atoms with Crippen molar-refractivity contribution in [2.75, 3.05) is 0 Å². The minimum atomic E-state index is -1.28. The van der Waals surface area contributed by atoms with Crippen molar-refractivity contribution in [1.29, 1.82) is 0 Å². The fourth-order valence-corrected chi connectivity index (χ4v) is 1.75. The van der Waals surface area contributed by atoms with Gasteiger partial charge in [-0.15, -0.1) is 0 Å². The molecule has 0 heterocycles. The Hall–Kier alpha value is -4.08. The van der Waals surface area contributed by atoms with Gasteiger partial charge >= 0.3 is 35.8 Å². The monoisotopic (exact) mass is 390 g/mol. The molecule has 0 aliphatic carbocycles. The predicted octanol–water partition coefficient (Wildman–Crippen LogP) is 1.12. The van der Waals surface area contributed by atoms with Crippen molar-refractivity contribution in [2.24, 2.45) is 0 Å². The van der Waals surface area contributed by atoms with E-state index in [-0.39, 0.29) is 11.1 Å². The van der Waals surface area contributed by atoms with Crippen LogP contribution in [-0.2, 0) is 28.7 Å². The van der Waals surface area contributed by atoms with Crippen molar-refractivity contribution in [3.05, 3.63) is 59.7 Å². The number of esters is 4. The molecule has 1 aromatic carbocycles. The van der Waals surface area contributed by atoms with E-state index in [0.29, 0.717) is 12.2 Å². The average Bonchev–Trinajstić information content (AvgIpc) is 2.60. The summed E-state index contributed by atoms with van der Waals surface area (Å²) in [6.07, 6.45) is 2.36. The molecule has 28 heavy (non-hydrogen) atoms. The predicted molar refractivity (Wildman–Crippen MR) is 90.1 cm³/mol. The highest BCUT2D eigenvalue weighted by atomic mass is 16.6. The molecular weight excluding hydrogens is 376 g/mol. The fourth-order valence-electron chi connectivity index (χ4n) is 1.75. The lowest BCUT2D eigenvalue weighted by molar-refractivity contribution is -0.138. The van der Waals surface area contributed by atoms with E-state index < -0.39 is 48.7 Å². The van der Waals surface area contributed by atoms with Crippen LogP contribution in [0.2, 0.25) is 0 Å². The largest absolute Gasteiger partial charge is 0.478 e. The van der Waals surface area contributed by atoms with Crippen LogP contribution in [0.25, 0.3) is 0 Å². The Kier molecular flexibility index (Phi) is 8.48. The molecule has 0 amide bonds. The topological polar surface area (TPSA) is 161 Å². The van der Waals surface area contributed by atoms with E-state index in [1.807, 2.05) is 0 Å². The van der Waals surface area contributed by atoms with Gasteiger partial charge in [-0.05, 0) is 12.1 Å². The third kappa shape index (κ3) is 7.87. The van der Waals surface area contributed by atoms with Gasteiger partial charge in [0.15, 0.2) is 0 Å². The maximum Gasteiger partial charge on any atom is 0.346 e. The molecule has 0 radical (unpaired) electrons. The summed E-state index contributed by atoms with van der Waals surface area (Å²) in [7, 11) is 0. The van der Waals surface area contributed by atoms with Crippen molar-refractivity contribution in [1.82, 2.24) is 0 Å². The first kappa shape index (κ1) is 22.0. The molecule has 10 nitrogen and oxygen atoms in total. The van der Waals surface area contributed by atoms with Crippen LogP contribution in [0.3, 0.4) is 0 Å². The van der Waals surface area contributed by atoms with E-state index >= 15 is 0 Å².